The first-order valence-corrected chi connectivity index (χ1v) is 12.0. The van der Waals surface area contributed by atoms with E-state index < -0.39 is 17.9 Å². The SMILES string of the molecule is COC(=O)[C@H](Cc1c2ccccc2cc2ccccc12)NC(=O)C(c1ccccc1)c1ccccc1. The van der Waals surface area contributed by atoms with Crippen LogP contribution in [0.25, 0.3) is 21.5 Å². The van der Waals surface area contributed by atoms with Crippen LogP contribution in [0.2, 0.25) is 0 Å². The van der Waals surface area contributed by atoms with Gasteiger partial charge in [-0.3, -0.25) is 4.79 Å². The molecule has 0 saturated carbocycles. The van der Waals surface area contributed by atoms with Crippen molar-refractivity contribution in [1.29, 1.82) is 0 Å². The minimum absolute atomic E-state index is 0.243. The van der Waals surface area contributed by atoms with Crippen molar-refractivity contribution in [3.05, 3.63) is 132 Å². The fourth-order valence-electron chi connectivity index (χ4n) is 4.91. The largest absolute Gasteiger partial charge is 0.467 e. The zero-order chi connectivity index (χ0) is 24.9. The Hall–Kier alpha value is -4.44. The second-order valence-electron chi connectivity index (χ2n) is 8.84. The van der Waals surface area contributed by atoms with Crippen molar-refractivity contribution in [3.63, 3.8) is 0 Å². The lowest BCUT2D eigenvalue weighted by Gasteiger charge is -2.23. The summed E-state index contributed by atoms with van der Waals surface area (Å²) in [5.74, 6) is -1.27. The molecule has 4 heteroatoms. The molecule has 0 bridgehead atoms. The first-order valence-electron chi connectivity index (χ1n) is 12.0. The molecule has 5 aromatic rings. The predicted octanol–water partition coefficient (Wildman–Crippen LogP) is 6.03. The summed E-state index contributed by atoms with van der Waals surface area (Å²) in [5.41, 5.74) is 2.73. The molecule has 4 nitrogen and oxygen atoms in total. The summed E-state index contributed by atoms with van der Waals surface area (Å²) in [7, 11) is 1.36. The highest BCUT2D eigenvalue weighted by atomic mass is 16.5. The van der Waals surface area contributed by atoms with E-state index in [1.807, 2.05) is 84.9 Å². The van der Waals surface area contributed by atoms with Crippen LogP contribution in [0.1, 0.15) is 22.6 Å². The van der Waals surface area contributed by atoms with Crippen LogP contribution in [-0.2, 0) is 20.7 Å². The molecule has 0 radical (unpaired) electrons. The minimum Gasteiger partial charge on any atom is -0.467 e. The normalized spacial score (nSPS) is 11.9. The lowest BCUT2D eigenvalue weighted by atomic mass is 9.89. The number of fused-ring (bicyclic) bond motifs is 2. The molecule has 0 aliphatic carbocycles. The highest BCUT2D eigenvalue weighted by molar-refractivity contribution is 6.03. The Labute approximate surface area is 210 Å². The number of hydrogen-bond acceptors (Lipinski definition) is 3. The Morgan fingerprint density at radius 2 is 1.17 bits per heavy atom. The number of nitrogens with one attached hydrogen (secondary N) is 1. The van der Waals surface area contributed by atoms with Crippen molar-refractivity contribution < 1.29 is 14.3 Å². The second kappa shape index (κ2) is 10.4. The number of esters is 1. The van der Waals surface area contributed by atoms with Gasteiger partial charge in [-0.15, -0.1) is 0 Å². The van der Waals surface area contributed by atoms with Gasteiger partial charge < -0.3 is 10.1 Å². The maximum Gasteiger partial charge on any atom is 0.328 e. The van der Waals surface area contributed by atoms with Gasteiger partial charge in [0.1, 0.15) is 6.04 Å². The predicted molar refractivity (Wildman–Crippen MR) is 144 cm³/mol. The monoisotopic (exact) mass is 473 g/mol. The van der Waals surface area contributed by atoms with Gasteiger partial charge in [0.15, 0.2) is 0 Å². The zero-order valence-corrected chi connectivity index (χ0v) is 20.1. The van der Waals surface area contributed by atoms with Crippen molar-refractivity contribution in [1.82, 2.24) is 5.32 Å². The molecule has 0 aliphatic rings. The lowest BCUT2D eigenvalue weighted by Crippen LogP contribution is -2.45. The molecule has 0 heterocycles. The molecule has 1 atom stereocenters. The third-order valence-electron chi connectivity index (χ3n) is 6.62. The average Bonchev–Trinajstić information content (AvgIpc) is 2.93. The molecule has 0 spiro atoms. The molecule has 1 amide bonds. The fraction of sp³-hybridized carbons (Fsp3) is 0.125. The molecule has 36 heavy (non-hydrogen) atoms. The van der Waals surface area contributed by atoms with Crippen LogP contribution < -0.4 is 5.32 Å². The number of benzene rings is 5. The van der Waals surface area contributed by atoms with Crippen LogP contribution >= 0.6 is 0 Å². The Balaban J connectivity index is 1.55. The van der Waals surface area contributed by atoms with Crippen molar-refractivity contribution in [2.75, 3.05) is 7.11 Å². The fourth-order valence-corrected chi connectivity index (χ4v) is 4.91. The third kappa shape index (κ3) is 4.71. The molecule has 0 fully saturated rings. The highest BCUT2D eigenvalue weighted by Crippen LogP contribution is 2.30. The number of carbonyl (C=O) groups excluding carboxylic acids is 2. The minimum atomic E-state index is -0.841. The molecule has 0 unspecified atom stereocenters. The van der Waals surface area contributed by atoms with E-state index in [-0.39, 0.29) is 5.91 Å². The quantitative estimate of drug-likeness (QED) is 0.232. The number of ether oxygens (including phenoxy) is 1. The number of amides is 1. The molecule has 5 rings (SSSR count). The van der Waals surface area contributed by atoms with Gasteiger partial charge in [-0.25, -0.2) is 4.79 Å². The highest BCUT2D eigenvalue weighted by Gasteiger charge is 2.29. The topological polar surface area (TPSA) is 55.4 Å². The van der Waals surface area contributed by atoms with Crippen LogP contribution in [0.3, 0.4) is 0 Å². The Bertz CT molecular complexity index is 1420. The van der Waals surface area contributed by atoms with Crippen molar-refractivity contribution in [2.24, 2.45) is 0 Å². The average molecular weight is 474 g/mol. The van der Waals surface area contributed by atoms with E-state index in [2.05, 4.69) is 35.6 Å². The maximum absolute atomic E-state index is 13.8. The molecular formula is C32H27NO3. The van der Waals surface area contributed by atoms with Crippen LogP contribution in [-0.4, -0.2) is 25.0 Å². The molecule has 178 valence electrons. The lowest BCUT2D eigenvalue weighted by molar-refractivity contribution is -0.145. The smallest absolute Gasteiger partial charge is 0.328 e. The Morgan fingerprint density at radius 1 is 0.694 bits per heavy atom. The number of rotatable bonds is 7. The molecule has 1 N–H and O–H groups in total. The van der Waals surface area contributed by atoms with Crippen LogP contribution in [0.4, 0.5) is 0 Å². The van der Waals surface area contributed by atoms with Crippen LogP contribution in [0, 0.1) is 0 Å². The summed E-state index contributed by atoms with van der Waals surface area (Å²) in [4.78, 5) is 26.8. The van der Waals surface area contributed by atoms with Crippen molar-refractivity contribution in [2.45, 2.75) is 18.4 Å². The van der Waals surface area contributed by atoms with Crippen LogP contribution in [0.15, 0.2) is 115 Å². The van der Waals surface area contributed by atoms with E-state index in [9.17, 15) is 9.59 Å². The van der Waals surface area contributed by atoms with Crippen molar-refractivity contribution in [3.8, 4) is 0 Å². The van der Waals surface area contributed by atoms with Gasteiger partial charge in [0.05, 0.1) is 13.0 Å². The second-order valence-corrected chi connectivity index (χ2v) is 8.84. The van der Waals surface area contributed by atoms with E-state index in [0.29, 0.717) is 6.42 Å². The number of methoxy groups -OCH3 is 1. The van der Waals surface area contributed by atoms with E-state index in [1.54, 1.807) is 0 Å². The van der Waals surface area contributed by atoms with E-state index in [1.165, 1.54) is 7.11 Å². The van der Waals surface area contributed by atoms with Gasteiger partial charge in [-0.1, -0.05) is 109 Å². The van der Waals surface area contributed by atoms with Gasteiger partial charge in [0.25, 0.3) is 0 Å². The standard InChI is InChI=1S/C32H27NO3/c1-36-32(35)29(21-28-26-18-10-8-16-24(26)20-25-17-9-11-19-27(25)28)33-31(34)30(22-12-4-2-5-13-22)23-14-6-3-7-15-23/h2-20,29-30H,21H2,1H3,(H,33,34)/t29-/m0/s1. The Kier molecular flexibility index (Phi) is 6.76. The van der Waals surface area contributed by atoms with Gasteiger partial charge in [0.2, 0.25) is 5.91 Å². The van der Waals surface area contributed by atoms with E-state index in [4.69, 9.17) is 4.74 Å². The molecule has 0 aromatic heterocycles. The number of hydrogen-bond donors (Lipinski definition) is 1. The summed E-state index contributed by atoms with van der Waals surface area (Å²) in [5, 5.41) is 7.32. The molecular weight excluding hydrogens is 446 g/mol. The summed E-state index contributed by atoms with van der Waals surface area (Å²) in [6, 6.07) is 36.8. The van der Waals surface area contributed by atoms with Gasteiger partial charge in [-0.05, 0) is 44.3 Å². The third-order valence-corrected chi connectivity index (χ3v) is 6.62. The maximum atomic E-state index is 13.8. The summed E-state index contributed by atoms with van der Waals surface area (Å²) >= 11 is 0. The summed E-state index contributed by atoms with van der Waals surface area (Å²) in [6.07, 6.45) is 0.316. The molecule has 5 aromatic carbocycles. The first-order chi connectivity index (χ1) is 17.7. The number of carbonyl (C=O) groups is 2. The van der Waals surface area contributed by atoms with Crippen LogP contribution in [0.5, 0.6) is 0 Å². The van der Waals surface area contributed by atoms with E-state index >= 15 is 0 Å². The summed E-state index contributed by atoms with van der Waals surface area (Å²) in [6.45, 7) is 0. The van der Waals surface area contributed by atoms with E-state index in [0.717, 1.165) is 38.2 Å². The first kappa shape index (κ1) is 23.3. The Morgan fingerprint density at radius 3 is 1.67 bits per heavy atom. The van der Waals surface area contributed by atoms with Gasteiger partial charge >= 0.3 is 5.97 Å². The zero-order valence-electron chi connectivity index (χ0n) is 20.1. The summed E-state index contributed by atoms with van der Waals surface area (Å²) < 4.78 is 5.15. The molecule has 0 aliphatic heterocycles. The van der Waals surface area contributed by atoms with Gasteiger partial charge in [0, 0.05) is 6.42 Å². The molecule has 0 saturated heterocycles. The van der Waals surface area contributed by atoms with Gasteiger partial charge in [-0.2, -0.15) is 0 Å². The van der Waals surface area contributed by atoms with Crippen molar-refractivity contribution >= 4 is 33.4 Å².